The fraction of sp³-hybridized carbons (Fsp3) is 0.900. The first-order valence-corrected chi connectivity index (χ1v) is 11.0. The third-order valence-corrected chi connectivity index (χ3v) is 5.08. The van der Waals surface area contributed by atoms with Gasteiger partial charge in [0.1, 0.15) is 12.2 Å². The van der Waals surface area contributed by atoms with Gasteiger partial charge in [-0.25, -0.2) is 26.3 Å². The zero-order chi connectivity index (χ0) is 29.6. The molecule has 1 fully saturated rings. The van der Waals surface area contributed by atoms with Gasteiger partial charge in [-0.2, -0.15) is 22.0 Å². The molecule has 2 N–H and O–H groups in total. The molecule has 1 aliphatic rings. The lowest BCUT2D eigenvalue weighted by Gasteiger charge is -2.24. The van der Waals surface area contributed by atoms with Gasteiger partial charge >= 0.3 is 12.1 Å². The van der Waals surface area contributed by atoms with E-state index in [1.54, 1.807) is 0 Å². The van der Waals surface area contributed by atoms with E-state index in [4.69, 9.17) is 14.2 Å². The van der Waals surface area contributed by atoms with Gasteiger partial charge in [0.2, 0.25) is 11.8 Å². The Morgan fingerprint density at radius 1 is 0.737 bits per heavy atom. The SMILES string of the molecule is COC1OC(CNC(=O)CCC(F)(F)CC(C)(F)F)C(CNC(=O)CCC(F)(F)CC(F)(F)C(F)(F)F)O1. The van der Waals surface area contributed by atoms with E-state index in [1.807, 2.05) is 0 Å². The lowest BCUT2D eigenvalue weighted by atomic mass is 10.0. The first-order valence-electron chi connectivity index (χ1n) is 11.0. The number of methoxy groups -OCH3 is 1. The van der Waals surface area contributed by atoms with Crippen LogP contribution in [0.5, 0.6) is 0 Å². The quantitative estimate of drug-likeness (QED) is 0.279. The molecule has 224 valence electrons. The Bertz CT molecular complexity index is 790. The minimum atomic E-state index is -6.19. The molecule has 1 saturated heterocycles. The summed E-state index contributed by atoms with van der Waals surface area (Å²) in [7, 11) is 1.14. The molecule has 1 rings (SSSR count). The maximum atomic E-state index is 13.6. The molecule has 18 heteroatoms. The molecule has 0 aromatic carbocycles. The summed E-state index contributed by atoms with van der Waals surface area (Å²) in [6.07, 6.45) is -17.6. The number of rotatable bonds is 15. The topological polar surface area (TPSA) is 85.9 Å². The van der Waals surface area contributed by atoms with Gasteiger partial charge in [0.25, 0.3) is 24.2 Å². The number of halogens is 11. The molecule has 3 atom stereocenters. The van der Waals surface area contributed by atoms with Crippen molar-refractivity contribution in [3.63, 3.8) is 0 Å². The fourth-order valence-corrected chi connectivity index (χ4v) is 3.22. The molecule has 0 saturated carbocycles. The molecule has 0 aromatic heterocycles. The summed E-state index contributed by atoms with van der Waals surface area (Å²) < 4.78 is 157. The van der Waals surface area contributed by atoms with Gasteiger partial charge in [-0.3, -0.25) is 9.59 Å². The summed E-state index contributed by atoms with van der Waals surface area (Å²) in [6, 6.07) is 0. The van der Waals surface area contributed by atoms with Crippen molar-refractivity contribution in [2.45, 2.75) is 94.0 Å². The maximum absolute atomic E-state index is 13.6. The molecule has 3 unspecified atom stereocenters. The van der Waals surface area contributed by atoms with Crippen LogP contribution in [0, 0.1) is 0 Å². The van der Waals surface area contributed by atoms with E-state index in [9.17, 15) is 57.9 Å². The molecule has 0 bridgehead atoms. The second kappa shape index (κ2) is 12.9. The van der Waals surface area contributed by atoms with Crippen LogP contribution in [0.4, 0.5) is 48.3 Å². The van der Waals surface area contributed by atoms with Gasteiger partial charge in [-0.05, 0) is 6.92 Å². The number of ether oxygens (including phenoxy) is 3. The molecule has 1 aliphatic heterocycles. The summed E-state index contributed by atoms with van der Waals surface area (Å²) in [6.45, 7) is -1.86. The van der Waals surface area contributed by atoms with Crippen LogP contribution in [0.1, 0.15) is 45.4 Å². The lowest BCUT2D eigenvalue weighted by Crippen LogP contribution is -2.44. The molecule has 0 aliphatic carbocycles. The van der Waals surface area contributed by atoms with Gasteiger partial charge in [0, 0.05) is 45.9 Å². The van der Waals surface area contributed by atoms with Gasteiger partial charge < -0.3 is 24.8 Å². The number of alkyl halides is 11. The van der Waals surface area contributed by atoms with Crippen molar-refractivity contribution >= 4 is 11.8 Å². The van der Waals surface area contributed by atoms with E-state index in [2.05, 4.69) is 10.6 Å². The number of amides is 2. The number of hydrogen-bond donors (Lipinski definition) is 2. The summed E-state index contributed by atoms with van der Waals surface area (Å²) in [5.74, 6) is -19.7. The number of nitrogens with one attached hydrogen (secondary N) is 2. The largest absolute Gasteiger partial charge is 0.453 e. The molecule has 0 aromatic rings. The van der Waals surface area contributed by atoms with Gasteiger partial charge in [-0.15, -0.1) is 0 Å². The summed E-state index contributed by atoms with van der Waals surface area (Å²) >= 11 is 0. The van der Waals surface area contributed by atoms with Crippen LogP contribution in [-0.2, 0) is 23.8 Å². The number of hydrogen-bond acceptors (Lipinski definition) is 5. The van der Waals surface area contributed by atoms with Gasteiger partial charge in [-0.1, -0.05) is 0 Å². The highest BCUT2D eigenvalue weighted by Crippen LogP contribution is 2.44. The molecule has 0 spiro atoms. The minimum absolute atomic E-state index is 0.307. The van der Waals surface area contributed by atoms with Crippen molar-refractivity contribution in [2.24, 2.45) is 0 Å². The Morgan fingerprint density at radius 2 is 1.13 bits per heavy atom. The molecular formula is C20H27F11N2O5. The van der Waals surface area contributed by atoms with E-state index in [0.717, 1.165) is 7.11 Å². The fourth-order valence-electron chi connectivity index (χ4n) is 3.22. The second-order valence-corrected chi connectivity index (χ2v) is 8.82. The third kappa shape index (κ3) is 12.3. The first kappa shape index (κ1) is 34.1. The monoisotopic (exact) mass is 584 g/mol. The van der Waals surface area contributed by atoms with Crippen molar-refractivity contribution in [2.75, 3.05) is 20.2 Å². The Balaban J connectivity index is 2.54. The lowest BCUT2D eigenvalue weighted by molar-refractivity contribution is -0.300. The van der Waals surface area contributed by atoms with Crippen LogP contribution in [0.3, 0.4) is 0 Å². The molecular weight excluding hydrogens is 557 g/mol. The van der Waals surface area contributed by atoms with Crippen LogP contribution >= 0.6 is 0 Å². The summed E-state index contributed by atoms with van der Waals surface area (Å²) in [4.78, 5) is 23.7. The van der Waals surface area contributed by atoms with E-state index in [1.165, 1.54) is 0 Å². The molecule has 0 radical (unpaired) electrons. The predicted octanol–water partition coefficient (Wildman–Crippen LogP) is 4.40. The van der Waals surface area contributed by atoms with Crippen LogP contribution in [0.2, 0.25) is 0 Å². The van der Waals surface area contributed by atoms with Crippen molar-refractivity contribution in [3.05, 3.63) is 0 Å². The third-order valence-electron chi connectivity index (χ3n) is 5.08. The average Bonchev–Trinajstić information content (AvgIpc) is 3.12. The van der Waals surface area contributed by atoms with Crippen molar-refractivity contribution in [1.29, 1.82) is 0 Å². The molecule has 7 nitrogen and oxygen atoms in total. The Hall–Kier alpha value is -1.95. The van der Waals surface area contributed by atoms with Crippen LogP contribution in [0.25, 0.3) is 0 Å². The zero-order valence-electron chi connectivity index (χ0n) is 20.1. The van der Waals surface area contributed by atoms with Crippen molar-refractivity contribution < 1.29 is 72.1 Å². The Labute approximate surface area is 209 Å². The molecule has 2 amide bonds. The van der Waals surface area contributed by atoms with Gasteiger partial charge in [0.05, 0.1) is 12.8 Å². The second-order valence-electron chi connectivity index (χ2n) is 8.82. The van der Waals surface area contributed by atoms with Crippen LogP contribution in [-0.4, -0.2) is 80.6 Å². The normalized spacial score (nSPS) is 21.4. The highest BCUT2D eigenvalue weighted by Gasteiger charge is 2.61. The first-order chi connectivity index (χ1) is 17.1. The zero-order valence-corrected chi connectivity index (χ0v) is 20.1. The van der Waals surface area contributed by atoms with E-state index in [-0.39, 0.29) is 6.54 Å². The molecule has 1 heterocycles. The number of carbonyl (C=O) groups is 2. The predicted molar refractivity (Wildman–Crippen MR) is 106 cm³/mol. The summed E-state index contributed by atoms with van der Waals surface area (Å²) in [5.41, 5.74) is 0. The number of carbonyl (C=O) groups excluding carboxylic acids is 2. The average molecular weight is 584 g/mol. The van der Waals surface area contributed by atoms with E-state index in [0.29, 0.717) is 6.92 Å². The highest BCUT2D eigenvalue weighted by molar-refractivity contribution is 5.76. The van der Waals surface area contributed by atoms with Crippen LogP contribution in [0.15, 0.2) is 0 Å². The maximum Gasteiger partial charge on any atom is 0.453 e. The summed E-state index contributed by atoms with van der Waals surface area (Å²) in [5, 5.41) is 4.30. The highest BCUT2D eigenvalue weighted by atomic mass is 19.4. The van der Waals surface area contributed by atoms with Crippen molar-refractivity contribution in [3.8, 4) is 0 Å². The van der Waals surface area contributed by atoms with Crippen molar-refractivity contribution in [1.82, 2.24) is 10.6 Å². The standard InChI is InChI=1S/C20H27F11N2O5/c1-16(21,22)9-17(23,24)5-3-13(34)32-7-11-12(38-15(36-2)37-11)8-33-14(35)4-6-18(25,26)10-19(27,28)20(29,30)31/h11-12,15H,3-10H2,1-2H3,(H,32,34)(H,33,35). The Morgan fingerprint density at radius 3 is 1.47 bits per heavy atom. The van der Waals surface area contributed by atoms with Gasteiger partial charge in [0.15, 0.2) is 0 Å². The van der Waals surface area contributed by atoms with Crippen LogP contribution < -0.4 is 10.6 Å². The van der Waals surface area contributed by atoms with E-state index < -0.39 is 105 Å². The van der Waals surface area contributed by atoms with E-state index >= 15 is 0 Å². The smallest absolute Gasteiger partial charge is 0.353 e. The Kier molecular flexibility index (Phi) is 11.6. The molecule has 38 heavy (non-hydrogen) atoms. The minimum Gasteiger partial charge on any atom is -0.353 e.